The van der Waals surface area contributed by atoms with Crippen LogP contribution < -0.4 is 0 Å². The topological polar surface area (TPSA) is 0 Å². The Balaban J connectivity index is 2.28. The molecule has 19 heavy (non-hydrogen) atoms. The Kier molecular flexibility index (Phi) is 7.48. The summed E-state index contributed by atoms with van der Waals surface area (Å²) in [6.45, 7) is 6.58. The van der Waals surface area contributed by atoms with Crippen LogP contribution in [0.1, 0.15) is 45.6 Å². The quantitative estimate of drug-likeness (QED) is 0.469. The van der Waals surface area contributed by atoms with Gasteiger partial charge in [-0.05, 0) is 0 Å². The van der Waals surface area contributed by atoms with Crippen LogP contribution in [0.25, 0.3) is 0 Å². The van der Waals surface area contributed by atoms with Crippen molar-refractivity contribution >= 4 is 13.0 Å². The second-order valence-electron chi connectivity index (χ2n) is 5.77. The molecule has 2 atom stereocenters. The van der Waals surface area contributed by atoms with E-state index >= 15 is 0 Å². The summed E-state index contributed by atoms with van der Waals surface area (Å²) in [7, 11) is 5.69. The predicted molar refractivity (Wildman–Crippen MR) is 87.9 cm³/mol. The van der Waals surface area contributed by atoms with Crippen LogP contribution in [0.2, 0.25) is 0 Å². The van der Waals surface area contributed by atoms with Crippen molar-refractivity contribution in [3.05, 3.63) is 48.0 Å². The number of benzene rings is 1. The van der Waals surface area contributed by atoms with Gasteiger partial charge in [-0.15, -0.1) is 0 Å². The van der Waals surface area contributed by atoms with Gasteiger partial charge in [-0.1, -0.05) is 6.07 Å². The molecule has 1 radical (unpaired) electrons. The van der Waals surface area contributed by atoms with Gasteiger partial charge in [0.15, 0.2) is 0 Å². The van der Waals surface area contributed by atoms with Gasteiger partial charge in [0.1, 0.15) is 0 Å². The molecule has 0 amide bonds. The molecule has 0 aliphatic carbocycles. The summed E-state index contributed by atoms with van der Waals surface area (Å²) < 4.78 is 0. The van der Waals surface area contributed by atoms with Crippen LogP contribution in [0.4, 0.5) is 0 Å². The second kappa shape index (κ2) is 8.90. The van der Waals surface area contributed by atoms with E-state index in [1.165, 1.54) is 18.4 Å². The van der Waals surface area contributed by atoms with E-state index in [9.17, 15) is 0 Å². The van der Waals surface area contributed by atoms with Gasteiger partial charge in [-0.25, -0.2) is 0 Å². The molecule has 101 valence electrons. The van der Waals surface area contributed by atoms with Crippen LogP contribution in [0, 0.1) is 11.8 Å². The second-order valence-corrected chi connectivity index (χ2v) is 5.77. The monoisotopic (exact) mass is 253 g/mol. The van der Waals surface area contributed by atoms with Crippen molar-refractivity contribution in [2.24, 2.45) is 11.8 Å². The summed E-state index contributed by atoms with van der Waals surface area (Å²) in [5.74, 6) is 1.25. The Labute approximate surface area is 120 Å². The van der Waals surface area contributed by atoms with Crippen LogP contribution in [0.5, 0.6) is 0 Å². The molecule has 0 saturated carbocycles. The molecule has 0 bridgehead atoms. The van der Waals surface area contributed by atoms with E-state index in [-0.39, 0.29) is 0 Å². The molecule has 0 saturated heterocycles. The molecule has 1 unspecified atom stereocenters. The molecular weight excluding hydrogens is 227 g/mol. The molecule has 0 N–H and O–H groups in total. The van der Waals surface area contributed by atoms with Crippen molar-refractivity contribution in [1.82, 2.24) is 0 Å². The van der Waals surface area contributed by atoms with Gasteiger partial charge in [0.25, 0.3) is 0 Å². The van der Waals surface area contributed by atoms with E-state index in [1.54, 1.807) is 0 Å². The zero-order chi connectivity index (χ0) is 14.1. The van der Waals surface area contributed by atoms with Crippen LogP contribution >= 0.6 is 0 Å². The van der Waals surface area contributed by atoms with Crippen molar-refractivity contribution in [2.75, 3.05) is 0 Å². The predicted octanol–water partition coefficient (Wildman–Crippen LogP) is 4.59. The van der Waals surface area contributed by atoms with Crippen molar-refractivity contribution in [2.45, 2.75) is 46.5 Å². The third-order valence-corrected chi connectivity index (χ3v) is 3.40. The van der Waals surface area contributed by atoms with Gasteiger partial charge in [0.05, 0.1) is 0 Å². The average molecular weight is 253 g/mol. The van der Waals surface area contributed by atoms with Gasteiger partial charge >= 0.3 is 113 Å². The Morgan fingerprint density at radius 3 is 2.37 bits per heavy atom. The fraction of sp³-hybridized carbons (Fsp3) is 0.500. The summed E-state index contributed by atoms with van der Waals surface area (Å²) in [6, 6.07) is 10.7. The van der Waals surface area contributed by atoms with Gasteiger partial charge in [0.2, 0.25) is 0 Å². The SMILES string of the molecule is [B]=C(C)CCC[C@@H](C)/C=C/C(C)Cc1ccccc1. The summed E-state index contributed by atoms with van der Waals surface area (Å²) >= 11 is 0. The molecule has 0 fully saturated rings. The number of hydrogen-bond acceptors (Lipinski definition) is 0. The molecule has 0 heterocycles. The minimum absolute atomic E-state index is 0.604. The summed E-state index contributed by atoms with van der Waals surface area (Å²) in [4.78, 5) is 0. The van der Waals surface area contributed by atoms with Crippen LogP contribution in [-0.4, -0.2) is 13.0 Å². The maximum atomic E-state index is 5.69. The maximum absolute atomic E-state index is 5.69. The molecule has 0 aliphatic heterocycles. The molecule has 0 nitrogen and oxygen atoms in total. The normalized spacial score (nSPS) is 14.4. The van der Waals surface area contributed by atoms with E-state index < -0.39 is 0 Å². The Hall–Kier alpha value is -1.11. The van der Waals surface area contributed by atoms with Crippen molar-refractivity contribution in [3.8, 4) is 0 Å². The third kappa shape index (κ3) is 7.82. The first-order valence-corrected chi connectivity index (χ1v) is 7.38. The van der Waals surface area contributed by atoms with Crippen LogP contribution in [-0.2, 0) is 6.42 Å². The van der Waals surface area contributed by atoms with Crippen molar-refractivity contribution in [1.29, 1.82) is 0 Å². The van der Waals surface area contributed by atoms with Crippen molar-refractivity contribution in [3.63, 3.8) is 0 Å². The molecule has 0 spiro atoms. The molecule has 1 rings (SSSR count). The van der Waals surface area contributed by atoms with E-state index in [0.29, 0.717) is 11.8 Å². The van der Waals surface area contributed by atoms with E-state index in [0.717, 1.165) is 18.3 Å². The summed E-state index contributed by atoms with van der Waals surface area (Å²) in [5.41, 5.74) is 2.47. The Morgan fingerprint density at radius 1 is 1.11 bits per heavy atom. The first kappa shape index (κ1) is 16.0. The molecular formula is C18H26B. The van der Waals surface area contributed by atoms with E-state index in [2.05, 4.69) is 56.3 Å². The van der Waals surface area contributed by atoms with E-state index in [4.69, 9.17) is 7.49 Å². The van der Waals surface area contributed by atoms with E-state index in [1.807, 2.05) is 6.92 Å². The summed E-state index contributed by atoms with van der Waals surface area (Å²) in [5, 5.41) is 0. The fourth-order valence-electron chi connectivity index (χ4n) is 2.23. The molecule has 1 aromatic rings. The average Bonchev–Trinajstić information content (AvgIpc) is 2.37. The van der Waals surface area contributed by atoms with Gasteiger partial charge in [-0.3, -0.25) is 0 Å². The molecule has 0 aromatic heterocycles. The molecule has 0 aliphatic rings. The summed E-state index contributed by atoms with van der Waals surface area (Å²) in [6.07, 6.45) is 9.32. The van der Waals surface area contributed by atoms with Gasteiger partial charge < -0.3 is 0 Å². The molecule has 1 heteroatoms. The minimum atomic E-state index is 0.604. The van der Waals surface area contributed by atoms with Crippen molar-refractivity contribution < 1.29 is 0 Å². The number of rotatable bonds is 8. The first-order chi connectivity index (χ1) is 9.08. The third-order valence-electron chi connectivity index (χ3n) is 3.40. The van der Waals surface area contributed by atoms with Crippen LogP contribution in [0.3, 0.4) is 0 Å². The van der Waals surface area contributed by atoms with Gasteiger partial charge in [0, 0.05) is 0 Å². The fourth-order valence-corrected chi connectivity index (χ4v) is 2.23. The zero-order valence-corrected chi connectivity index (χ0v) is 12.6. The standard InChI is InChI=1S/C18H26B/c1-15(8-7-9-17(3)19)12-13-16(2)14-18-10-5-4-6-11-18/h4-6,10-13,15-16H,7-9,14H2,1-3H3/b13-12+/t15-,16?/m1/s1. The van der Waals surface area contributed by atoms with Gasteiger partial charge in [-0.2, -0.15) is 0 Å². The number of hydrogen-bond donors (Lipinski definition) is 0. The number of allylic oxidation sites excluding steroid dienone is 2. The Bertz CT molecular complexity index is 391. The molecule has 1 aromatic carbocycles. The zero-order valence-electron chi connectivity index (χ0n) is 12.6. The Morgan fingerprint density at radius 2 is 1.74 bits per heavy atom. The van der Waals surface area contributed by atoms with Crippen LogP contribution in [0.15, 0.2) is 42.5 Å². The first-order valence-electron chi connectivity index (χ1n) is 7.38.